The van der Waals surface area contributed by atoms with Gasteiger partial charge < -0.3 is 14.4 Å². The molecular formula is C13H15NO3. The quantitative estimate of drug-likeness (QED) is 0.883. The zero-order valence-corrected chi connectivity index (χ0v) is 9.93. The summed E-state index contributed by atoms with van der Waals surface area (Å²) in [5, 5.41) is 10.0. The standard InChI is InChI=1S/C13H15NO3/c1-3-14-11-6-5-10(17-4-2)7-9(11)8-12(14)13(15)16/h5-8H,3-4H2,1-2H3,(H,15,16). The predicted molar refractivity (Wildman–Crippen MR) is 65.7 cm³/mol. The van der Waals surface area contributed by atoms with Crippen LogP contribution in [0.3, 0.4) is 0 Å². The summed E-state index contributed by atoms with van der Waals surface area (Å²) in [6, 6.07) is 7.32. The maximum Gasteiger partial charge on any atom is 0.352 e. The highest BCUT2D eigenvalue weighted by atomic mass is 16.5. The third kappa shape index (κ3) is 1.98. The number of aryl methyl sites for hydroxylation is 1. The Morgan fingerprint density at radius 1 is 1.35 bits per heavy atom. The molecule has 0 atom stereocenters. The highest BCUT2D eigenvalue weighted by Gasteiger charge is 2.13. The molecule has 4 heteroatoms. The number of carboxylic acid groups (broad SMARTS) is 1. The van der Waals surface area contributed by atoms with Crippen molar-refractivity contribution in [3.8, 4) is 5.75 Å². The van der Waals surface area contributed by atoms with Crippen LogP contribution in [0.5, 0.6) is 5.75 Å². The van der Waals surface area contributed by atoms with Crippen LogP contribution < -0.4 is 4.74 Å². The van der Waals surface area contributed by atoms with Crippen molar-refractivity contribution >= 4 is 16.9 Å². The Balaban J connectivity index is 2.60. The van der Waals surface area contributed by atoms with Crippen LogP contribution >= 0.6 is 0 Å². The molecule has 0 aliphatic carbocycles. The van der Waals surface area contributed by atoms with E-state index in [-0.39, 0.29) is 0 Å². The lowest BCUT2D eigenvalue weighted by Crippen LogP contribution is -2.06. The maximum atomic E-state index is 11.1. The summed E-state index contributed by atoms with van der Waals surface area (Å²) >= 11 is 0. The van der Waals surface area contributed by atoms with Crippen molar-refractivity contribution in [3.05, 3.63) is 30.0 Å². The Morgan fingerprint density at radius 2 is 2.12 bits per heavy atom. The lowest BCUT2D eigenvalue weighted by atomic mass is 10.2. The molecular weight excluding hydrogens is 218 g/mol. The third-order valence-electron chi connectivity index (χ3n) is 2.72. The van der Waals surface area contributed by atoms with Crippen LogP contribution in [-0.4, -0.2) is 22.2 Å². The zero-order chi connectivity index (χ0) is 12.4. The lowest BCUT2D eigenvalue weighted by molar-refractivity contribution is 0.0686. The van der Waals surface area contributed by atoms with Gasteiger partial charge in [-0.2, -0.15) is 0 Å². The Kier molecular flexibility index (Phi) is 3.04. The number of carbonyl (C=O) groups is 1. The Labute approximate surface area is 99.4 Å². The van der Waals surface area contributed by atoms with E-state index in [0.717, 1.165) is 16.7 Å². The fraction of sp³-hybridized carbons (Fsp3) is 0.308. The minimum atomic E-state index is -0.902. The van der Waals surface area contributed by atoms with E-state index in [1.54, 1.807) is 10.6 Å². The average molecular weight is 233 g/mol. The largest absolute Gasteiger partial charge is 0.494 e. The summed E-state index contributed by atoms with van der Waals surface area (Å²) in [6.07, 6.45) is 0. The number of aromatic nitrogens is 1. The molecule has 4 nitrogen and oxygen atoms in total. The molecule has 1 heterocycles. The van der Waals surface area contributed by atoms with Gasteiger partial charge >= 0.3 is 5.97 Å². The Bertz CT molecular complexity index is 557. The first-order valence-corrected chi connectivity index (χ1v) is 5.66. The smallest absolute Gasteiger partial charge is 0.352 e. The van der Waals surface area contributed by atoms with E-state index in [2.05, 4.69) is 0 Å². The molecule has 1 aromatic carbocycles. The summed E-state index contributed by atoms with van der Waals surface area (Å²) in [5.74, 6) is -0.133. The molecule has 90 valence electrons. The molecule has 0 fully saturated rings. The summed E-state index contributed by atoms with van der Waals surface area (Å²) in [5.41, 5.74) is 1.24. The number of carboxylic acids is 1. The number of hydrogen-bond acceptors (Lipinski definition) is 2. The summed E-state index contributed by atoms with van der Waals surface area (Å²) in [4.78, 5) is 11.1. The van der Waals surface area contributed by atoms with Crippen LogP contribution in [0.25, 0.3) is 10.9 Å². The van der Waals surface area contributed by atoms with Crippen molar-refractivity contribution in [1.29, 1.82) is 0 Å². The third-order valence-corrected chi connectivity index (χ3v) is 2.72. The molecule has 2 rings (SSSR count). The monoisotopic (exact) mass is 233 g/mol. The SMILES string of the molecule is CCOc1ccc2c(c1)cc(C(=O)O)n2CC. The normalized spacial score (nSPS) is 10.7. The van der Waals surface area contributed by atoms with E-state index in [0.29, 0.717) is 18.8 Å². The number of rotatable bonds is 4. The van der Waals surface area contributed by atoms with Crippen molar-refractivity contribution < 1.29 is 14.6 Å². The van der Waals surface area contributed by atoms with E-state index in [4.69, 9.17) is 9.84 Å². The van der Waals surface area contributed by atoms with Crippen LogP contribution in [0.1, 0.15) is 24.3 Å². The number of nitrogens with zero attached hydrogens (tertiary/aromatic N) is 1. The Hall–Kier alpha value is -1.97. The predicted octanol–water partition coefficient (Wildman–Crippen LogP) is 2.76. The van der Waals surface area contributed by atoms with E-state index in [1.165, 1.54) is 0 Å². The first-order chi connectivity index (χ1) is 8.17. The average Bonchev–Trinajstić information content (AvgIpc) is 2.67. The molecule has 17 heavy (non-hydrogen) atoms. The number of hydrogen-bond donors (Lipinski definition) is 1. The van der Waals surface area contributed by atoms with E-state index in [1.807, 2.05) is 32.0 Å². The number of fused-ring (bicyclic) bond motifs is 1. The van der Waals surface area contributed by atoms with Gasteiger partial charge in [0, 0.05) is 17.4 Å². The van der Waals surface area contributed by atoms with Crippen LogP contribution in [0.4, 0.5) is 0 Å². The fourth-order valence-corrected chi connectivity index (χ4v) is 2.02. The van der Waals surface area contributed by atoms with Gasteiger partial charge in [0.15, 0.2) is 0 Å². The zero-order valence-electron chi connectivity index (χ0n) is 9.93. The van der Waals surface area contributed by atoms with E-state index >= 15 is 0 Å². The van der Waals surface area contributed by atoms with Crippen LogP contribution in [0, 0.1) is 0 Å². The molecule has 1 aromatic heterocycles. The van der Waals surface area contributed by atoms with Gasteiger partial charge in [-0.1, -0.05) is 0 Å². The van der Waals surface area contributed by atoms with Gasteiger partial charge in [-0.05, 0) is 38.1 Å². The highest BCUT2D eigenvalue weighted by molar-refractivity contribution is 5.95. The molecule has 0 aliphatic rings. The van der Waals surface area contributed by atoms with E-state index < -0.39 is 5.97 Å². The second-order valence-electron chi connectivity index (χ2n) is 3.73. The molecule has 0 aliphatic heterocycles. The van der Waals surface area contributed by atoms with Gasteiger partial charge in [-0.25, -0.2) is 4.79 Å². The van der Waals surface area contributed by atoms with E-state index in [9.17, 15) is 4.79 Å². The van der Waals surface area contributed by atoms with Gasteiger partial charge in [0.05, 0.1) is 6.61 Å². The van der Waals surface area contributed by atoms with Crippen LogP contribution in [-0.2, 0) is 6.54 Å². The lowest BCUT2D eigenvalue weighted by Gasteiger charge is -2.05. The molecule has 0 amide bonds. The molecule has 2 aromatic rings. The molecule has 0 spiro atoms. The molecule has 0 saturated carbocycles. The molecule has 0 unspecified atom stereocenters. The summed E-state index contributed by atoms with van der Waals surface area (Å²) < 4.78 is 7.19. The molecule has 0 saturated heterocycles. The minimum absolute atomic E-state index is 0.316. The van der Waals surface area contributed by atoms with Crippen molar-refractivity contribution in [2.45, 2.75) is 20.4 Å². The second kappa shape index (κ2) is 4.49. The second-order valence-corrected chi connectivity index (χ2v) is 3.73. The van der Waals surface area contributed by atoms with Crippen LogP contribution in [0.15, 0.2) is 24.3 Å². The number of ether oxygens (including phenoxy) is 1. The Morgan fingerprint density at radius 3 is 2.71 bits per heavy atom. The van der Waals surface area contributed by atoms with Gasteiger partial charge in [0.2, 0.25) is 0 Å². The van der Waals surface area contributed by atoms with Crippen LogP contribution in [0.2, 0.25) is 0 Å². The summed E-state index contributed by atoms with van der Waals surface area (Å²) in [7, 11) is 0. The summed E-state index contributed by atoms with van der Waals surface area (Å²) in [6.45, 7) is 5.09. The molecule has 0 bridgehead atoms. The van der Waals surface area contributed by atoms with Crippen molar-refractivity contribution in [2.24, 2.45) is 0 Å². The first kappa shape index (κ1) is 11.5. The van der Waals surface area contributed by atoms with Crippen molar-refractivity contribution in [1.82, 2.24) is 4.57 Å². The minimum Gasteiger partial charge on any atom is -0.494 e. The topological polar surface area (TPSA) is 51.5 Å². The van der Waals surface area contributed by atoms with Gasteiger partial charge in [0.25, 0.3) is 0 Å². The maximum absolute atomic E-state index is 11.1. The number of aromatic carboxylic acids is 1. The number of benzene rings is 1. The van der Waals surface area contributed by atoms with Gasteiger partial charge in [-0.3, -0.25) is 0 Å². The fourth-order valence-electron chi connectivity index (χ4n) is 2.02. The molecule has 0 radical (unpaired) electrons. The first-order valence-electron chi connectivity index (χ1n) is 5.66. The molecule has 1 N–H and O–H groups in total. The van der Waals surface area contributed by atoms with Crippen molar-refractivity contribution in [2.75, 3.05) is 6.61 Å². The van der Waals surface area contributed by atoms with Gasteiger partial charge in [0.1, 0.15) is 11.4 Å². The van der Waals surface area contributed by atoms with Gasteiger partial charge in [-0.15, -0.1) is 0 Å². The van der Waals surface area contributed by atoms with Crippen molar-refractivity contribution in [3.63, 3.8) is 0 Å². The highest BCUT2D eigenvalue weighted by Crippen LogP contribution is 2.24.